The molecule has 3 heterocycles. The lowest BCUT2D eigenvalue weighted by Gasteiger charge is -2.35. The summed E-state index contributed by atoms with van der Waals surface area (Å²) in [6, 6.07) is 10.6. The zero-order valence-electron chi connectivity index (χ0n) is 14.4. The molecule has 4 rings (SSSR count). The molecule has 1 aliphatic rings. The molecular weight excluding hydrogens is 350 g/mol. The molecule has 27 heavy (non-hydrogen) atoms. The van der Waals surface area contributed by atoms with E-state index in [1.807, 2.05) is 24.3 Å². The van der Waals surface area contributed by atoms with Gasteiger partial charge >= 0.3 is 5.82 Å². The van der Waals surface area contributed by atoms with E-state index in [1.165, 1.54) is 12.3 Å². The van der Waals surface area contributed by atoms with Crippen molar-refractivity contribution in [3.05, 3.63) is 58.4 Å². The Morgan fingerprint density at radius 1 is 1.15 bits per heavy atom. The van der Waals surface area contributed by atoms with Crippen molar-refractivity contribution in [2.75, 3.05) is 31.1 Å². The summed E-state index contributed by atoms with van der Waals surface area (Å²) >= 11 is 0. The predicted octanol–water partition coefficient (Wildman–Crippen LogP) is 2.02. The number of pyridine rings is 1. The molecule has 2 aromatic heterocycles. The lowest BCUT2D eigenvalue weighted by atomic mass is 10.1. The minimum absolute atomic E-state index is 0.00975. The minimum Gasteiger partial charge on any atom is -0.365 e. The molecule has 138 valence electrons. The average Bonchev–Trinajstić information content (AvgIpc) is 3.11. The van der Waals surface area contributed by atoms with E-state index in [2.05, 4.69) is 15.0 Å². The van der Waals surface area contributed by atoms with Gasteiger partial charge in [0.25, 0.3) is 0 Å². The van der Waals surface area contributed by atoms with Gasteiger partial charge < -0.3 is 24.4 Å². The third-order valence-electron chi connectivity index (χ3n) is 4.69. The van der Waals surface area contributed by atoms with Crippen LogP contribution in [0.25, 0.3) is 11.0 Å². The number of hydrogen-bond donors (Lipinski definition) is 0. The van der Waals surface area contributed by atoms with E-state index in [1.54, 1.807) is 11.0 Å². The molecule has 0 unspecified atom stereocenters. The highest BCUT2D eigenvalue weighted by atomic mass is 16.6. The number of para-hydroxylation sites is 1. The van der Waals surface area contributed by atoms with Crippen LogP contribution in [0.15, 0.2) is 47.1 Å². The van der Waals surface area contributed by atoms with Crippen LogP contribution in [-0.4, -0.2) is 52.1 Å². The van der Waals surface area contributed by atoms with Crippen molar-refractivity contribution in [3.8, 4) is 0 Å². The minimum atomic E-state index is -0.520. The van der Waals surface area contributed by atoms with Gasteiger partial charge in [-0.2, -0.15) is 0 Å². The summed E-state index contributed by atoms with van der Waals surface area (Å²) in [4.78, 5) is 30.5. The van der Waals surface area contributed by atoms with Crippen molar-refractivity contribution in [3.63, 3.8) is 0 Å². The van der Waals surface area contributed by atoms with Crippen LogP contribution in [0, 0.1) is 10.1 Å². The number of hydrogen-bond acceptors (Lipinski definition) is 7. The van der Waals surface area contributed by atoms with Gasteiger partial charge in [-0.05, 0) is 28.1 Å². The van der Waals surface area contributed by atoms with Crippen LogP contribution in [0.4, 0.5) is 11.5 Å². The Kier molecular flexibility index (Phi) is 4.41. The number of amides is 1. The molecule has 9 nitrogen and oxygen atoms in total. The molecule has 0 atom stereocenters. The molecule has 0 saturated carbocycles. The number of piperazine rings is 1. The van der Waals surface area contributed by atoms with Crippen LogP contribution in [-0.2, 0) is 11.2 Å². The highest BCUT2D eigenvalue weighted by Crippen LogP contribution is 2.20. The van der Waals surface area contributed by atoms with Crippen molar-refractivity contribution >= 4 is 28.4 Å². The average molecular weight is 367 g/mol. The number of aromatic nitrogens is 2. The molecule has 0 bridgehead atoms. The maximum atomic E-state index is 12.6. The lowest BCUT2D eigenvalue weighted by molar-refractivity contribution is -0.389. The molecule has 1 aliphatic heterocycles. The molecule has 0 aliphatic carbocycles. The summed E-state index contributed by atoms with van der Waals surface area (Å²) in [7, 11) is 0. The molecule has 3 aromatic rings. The number of carbonyl (C=O) groups is 1. The molecule has 1 aromatic carbocycles. The maximum Gasteiger partial charge on any atom is 0.363 e. The molecule has 1 amide bonds. The van der Waals surface area contributed by atoms with Crippen molar-refractivity contribution in [1.82, 2.24) is 15.0 Å². The monoisotopic (exact) mass is 367 g/mol. The highest BCUT2D eigenvalue weighted by Gasteiger charge is 2.24. The van der Waals surface area contributed by atoms with E-state index >= 15 is 0 Å². The van der Waals surface area contributed by atoms with Crippen molar-refractivity contribution < 1.29 is 14.2 Å². The number of carbonyl (C=O) groups excluding carboxylic acids is 1. The van der Waals surface area contributed by atoms with Crippen LogP contribution in [0.2, 0.25) is 0 Å². The fourth-order valence-corrected chi connectivity index (χ4v) is 3.21. The summed E-state index contributed by atoms with van der Waals surface area (Å²) in [6.07, 6.45) is 1.70. The Labute approximate surface area is 154 Å². The van der Waals surface area contributed by atoms with Gasteiger partial charge in [-0.3, -0.25) is 4.79 Å². The van der Waals surface area contributed by atoms with E-state index in [0.29, 0.717) is 37.5 Å². The van der Waals surface area contributed by atoms with Gasteiger partial charge in [0.1, 0.15) is 5.69 Å². The van der Waals surface area contributed by atoms with Gasteiger partial charge in [-0.1, -0.05) is 17.3 Å². The second kappa shape index (κ2) is 7.02. The highest BCUT2D eigenvalue weighted by molar-refractivity contribution is 5.86. The van der Waals surface area contributed by atoms with Gasteiger partial charge in [0.15, 0.2) is 11.8 Å². The van der Waals surface area contributed by atoms with E-state index in [0.717, 1.165) is 11.1 Å². The first-order valence-electron chi connectivity index (χ1n) is 8.58. The van der Waals surface area contributed by atoms with E-state index in [-0.39, 0.29) is 18.1 Å². The first-order valence-corrected chi connectivity index (χ1v) is 8.58. The van der Waals surface area contributed by atoms with Crippen molar-refractivity contribution in [2.45, 2.75) is 6.42 Å². The van der Waals surface area contributed by atoms with E-state index in [4.69, 9.17) is 4.52 Å². The van der Waals surface area contributed by atoms with Crippen LogP contribution in [0.3, 0.4) is 0 Å². The number of rotatable bonds is 4. The normalized spacial score (nSPS) is 14.5. The number of benzene rings is 1. The van der Waals surface area contributed by atoms with Crippen LogP contribution >= 0.6 is 0 Å². The zero-order valence-corrected chi connectivity index (χ0v) is 14.4. The van der Waals surface area contributed by atoms with Gasteiger partial charge in [-0.25, -0.2) is 0 Å². The predicted molar refractivity (Wildman–Crippen MR) is 97.4 cm³/mol. The van der Waals surface area contributed by atoms with Gasteiger partial charge in [0, 0.05) is 37.6 Å². The molecule has 1 fully saturated rings. The lowest BCUT2D eigenvalue weighted by Crippen LogP contribution is -2.49. The van der Waals surface area contributed by atoms with E-state index < -0.39 is 4.92 Å². The molecule has 0 spiro atoms. The topological polar surface area (TPSA) is 106 Å². The molecule has 0 N–H and O–H groups in total. The zero-order chi connectivity index (χ0) is 18.8. The fourth-order valence-electron chi connectivity index (χ4n) is 3.21. The molecule has 1 saturated heterocycles. The second-order valence-corrected chi connectivity index (χ2v) is 6.30. The van der Waals surface area contributed by atoms with Crippen molar-refractivity contribution in [2.24, 2.45) is 0 Å². The Hall–Kier alpha value is -3.49. The van der Waals surface area contributed by atoms with Crippen LogP contribution in [0.1, 0.15) is 5.69 Å². The Morgan fingerprint density at radius 3 is 2.63 bits per heavy atom. The first kappa shape index (κ1) is 17.0. The standard InChI is InChI=1S/C18H17N5O4/c24-18(11-15-14-3-1-2-4-16(14)27-20-15)22-9-7-21(8-10-22)13-5-6-17(19-12-13)23(25)26/h1-6,12H,7-11H2. The number of nitro groups is 1. The van der Waals surface area contributed by atoms with Gasteiger partial charge in [-0.15, -0.1) is 0 Å². The SMILES string of the molecule is O=C(Cc1noc2ccccc12)N1CCN(c2ccc([N+](=O)[O-])nc2)CC1. The molecule has 0 radical (unpaired) electrons. The summed E-state index contributed by atoms with van der Waals surface area (Å²) < 4.78 is 5.25. The largest absolute Gasteiger partial charge is 0.365 e. The summed E-state index contributed by atoms with van der Waals surface area (Å²) in [5, 5.41) is 15.6. The number of nitrogens with zero attached hydrogens (tertiary/aromatic N) is 5. The Balaban J connectivity index is 1.37. The quantitative estimate of drug-likeness (QED) is 0.513. The van der Waals surface area contributed by atoms with E-state index in [9.17, 15) is 14.9 Å². The third kappa shape index (κ3) is 3.43. The maximum absolute atomic E-state index is 12.6. The van der Waals surface area contributed by atoms with Crippen LogP contribution in [0.5, 0.6) is 0 Å². The Bertz CT molecular complexity index is 977. The molecule has 9 heteroatoms. The second-order valence-electron chi connectivity index (χ2n) is 6.30. The summed E-state index contributed by atoms with van der Waals surface area (Å²) in [6.45, 7) is 2.44. The van der Waals surface area contributed by atoms with Crippen LogP contribution < -0.4 is 4.90 Å². The third-order valence-corrected chi connectivity index (χ3v) is 4.69. The van der Waals surface area contributed by atoms with Gasteiger partial charge in [0.2, 0.25) is 5.91 Å². The Morgan fingerprint density at radius 2 is 1.93 bits per heavy atom. The first-order chi connectivity index (χ1) is 13.1. The van der Waals surface area contributed by atoms with Gasteiger partial charge in [0.05, 0.1) is 12.1 Å². The number of fused-ring (bicyclic) bond motifs is 1. The smallest absolute Gasteiger partial charge is 0.363 e. The number of anilines is 1. The van der Waals surface area contributed by atoms with Crippen molar-refractivity contribution in [1.29, 1.82) is 0 Å². The summed E-state index contributed by atoms with van der Waals surface area (Å²) in [5.74, 6) is -0.164. The molecular formula is C18H17N5O4. The summed E-state index contributed by atoms with van der Waals surface area (Å²) in [5.41, 5.74) is 2.14. The fraction of sp³-hybridized carbons (Fsp3) is 0.278.